The van der Waals surface area contributed by atoms with Crippen LogP contribution in [0.4, 0.5) is 0 Å². The van der Waals surface area contributed by atoms with Crippen molar-refractivity contribution in [2.45, 2.75) is 321 Å². The van der Waals surface area contributed by atoms with E-state index in [1.54, 1.807) is 6.08 Å². The van der Waals surface area contributed by atoms with Crippen molar-refractivity contribution in [3.05, 3.63) is 12.2 Å². The van der Waals surface area contributed by atoms with E-state index in [4.69, 9.17) is 0 Å². The largest absolute Gasteiger partial charge is 0.394 e. The molecule has 0 radical (unpaired) electrons. The molecule has 0 bridgehead atoms. The van der Waals surface area contributed by atoms with E-state index in [0.717, 1.165) is 25.7 Å². The number of allylic oxidation sites excluding steroid dienone is 1. The van der Waals surface area contributed by atoms with Gasteiger partial charge in [-0.1, -0.05) is 296 Å². The van der Waals surface area contributed by atoms with Crippen molar-refractivity contribution in [2.24, 2.45) is 0 Å². The van der Waals surface area contributed by atoms with E-state index in [1.807, 2.05) is 6.08 Å². The summed E-state index contributed by atoms with van der Waals surface area (Å²) in [5.41, 5.74) is 0. The molecule has 1 amide bonds. The fourth-order valence-electron chi connectivity index (χ4n) is 8.65. The highest BCUT2D eigenvalue weighted by molar-refractivity contribution is 5.76. The number of carbonyl (C=O) groups is 1. The minimum absolute atomic E-state index is 0.0570. The second-order valence-electron chi connectivity index (χ2n) is 18.7. The zero-order valence-electron chi connectivity index (χ0n) is 39.8. The van der Waals surface area contributed by atoms with Crippen molar-refractivity contribution in [3.63, 3.8) is 0 Å². The molecule has 0 saturated carbocycles. The second-order valence-corrected chi connectivity index (χ2v) is 18.7. The summed E-state index contributed by atoms with van der Waals surface area (Å²) in [6, 6.07) is -0.617. The standard InChI is InChI=1S/C54H107NO3/c1-3-5-7-9-11-13-15-17-19-20-21-22-23-24-25-26-27-28-29-30-31-32-33-34-36-38-40-42-44-46-48-50-54(58)55-52(51-56)53(57)49-47-45-43-41-39-37-35-18-16-14-12-10-8-6-4-2/h47,49,52-53,56-57H,3-46,48,50-51H2,1-2H3,(H,55,58)/b49-47+/t52-,53+/m0/s1. The predicted molar refractivity (Wildman–Crippen MR) is 258 cm³/mol. The fourth-order valence-corrected chi connectivity index (χ4v) is 8.65. The average Bonchev–Trinajstić information content (AvgIpc) is 3.23. The number of unbranched alkanes of at least 4 members (excludes halogenated alkanes) is 43. The molecule has 346 valence electrons. The van der Waals surface area contributed by atoms with Crippen LogP contribution in [-0.4, -0.2) is 34.9 Å². The molecule has 0 aliphatic heterocycles. The summed E-state index contributed by atoms with van der Waals surface area (Å²) < 4.78 is 0. The maximum absolute atomic E-state index is 12.4. The van der Waals surface area contributed by atoms with Crippen molar-refractivity contribution >= 4 is 5.91 Å². The van der Waals surface area contributed by atoms with Gasteiger partial charge in [-0.2, -0.15) is 0 Å². The Hall–Kier alpha value is -0.870. The molecule has 3 N–H and O–H groups in total. The smallest absolute Gasteiger partial charge is 0.220 e. The Kier molecular flexibility index (Phi) is 49.7. The number of aliphatic hydroxyl groups is 2. The third kappa shape index (κ3) is 46.2. The van der Waals surface area contributed by atoms with Gasteiger partial charge in [-0.3, -0.25) is 4.79 Å². The first-order valence-electron chi connectivity index (χ1n) is 26.9. The predicted octanol–water partition coefficient (Wildman–Crippen LogP) is 17.4. The Morgan fingerprint density at radius 3 is 0.897 bits per heavy atom. The van der Waals surface area contributed by atoms with Crippen LogP contribution < -0.4 is 5.32 Å². The molecule has 0 aromatic rings. The zero-order chi connectivity index (χ0) is 42.1. The highest BCUT2D eigenvalue weighted by Crippen LogP contribution is 2.18. The molecule has 0 saturated heterocycles. The normalized spacial score (nSPS) is 12.8. The first-order valence-corrected chi connectivity index (χ1v) is 26.9. The minimum Gasteiger partial charge on any atom is -0.394 e. The molecule has 0 fully saturated rings. The van der Waals surface area contributed by atoms with Crippen LogP contribution in [0, 0.1) is 0 Å². The Morgan fingerprint density at radius 2 is 0.638 bits per heavy atom. The van der Waals surface area contributed by atoms with Crippen molar-refractivity contribution in [2.75, 3.05) is 6.61 Å². The van der Waals surface area contributed by atoms with Crippen LogP contribution >= 0.6 is 0 Å². The first kappa shape index (κ1) is 57.1. The molecule has 0 rings (SSSR count). The maximum atomic E-state index is 12.4. The summed E-state index contributed by atoms with van der Waals surface area (Å²) in [4.78, 5) is 12.4. The number of nitrogens with one attached hydrogen (secondary N) is 1. The van der Waals surface area contributed by atoms with Gasteiger partial charge in [0.15, 0.2) is 0 Å². The molecule has 0 aromatic heterocycles. The number of hydrogen-bond donors (Lipinski definition) is 3. The fraction of sp³-hybridized carbons (Fsp3) is 0.944. The number of amides is 1. The van der Waals surface area contributed by atoms with Crippen molar-refractivity contribution in [1.82, 2.24) is 5.32 Å². The Balaban J connectivity index is 3.40. The molecular formula is C54H107NO3. The van der Waals surface area contributed by atoms with Crippen LogP contribution in [0.2, 0.25) is 0 Å². The second kappa shape index (κ2) is 50.5. The first-order chi connectivity index (χ1) is 28.7. The lowest BCUT2D eigenvalue weighted by atomic mass is 10.0. The maximum Gasteiger partial charge on any atom is 0.220 e. The summed E-state index contributed by atoms with van der Waals surface area (Å²) >= 11 is 0. The molecule has 58 heavy (non-hydrogen) atoms. The van der Waals surface area contributed by atoms with Gasteiger partial charge in [-0.15, -0.1) is 0 Å². The van der Waals surface area contributed by atoms with Crippen LogP contribution in [0.25, 0.3) is 0 Å². The molecule has 4 nitrogen and oxygen atoms in total. The molecule has 4 heteroatoms. The van der Waals surface area contributed by atoms with E-state index >= 15 is 0 Å². The summed E-state index contributed by atoms with van der Waals surface area (Å²) in [6.45, 7) is 4.34. The number of aliphatic hydroxyl groups excluding tert-OH is 2. The lowest BCUT2D eigenvalue weighted by Gasteiger charge is -2.20. The van der Waals surface area contributed by atoms with E-state index in [9.17, 15) is 15.0 Å². The molecule has 0 spiro atoms. The van der Waals surface area contributed by atoms with Gasteiger partial charge in [0.2, 0.25) is 5.91 Å². The van der Waals surface area contributed by atoms with Gasteiger partial charge >= 0.3 is 0 Å². The summed E-state index contributed by atoms with van der Waals surface area (Å²) in [5, 5.41) is 23.1. The molecule has 2 atom stereocenters. The summed E-state index contributed by atoms with van der Waals surface area (Å²) in [6.07, 6.45) is 65.1. The molecule has 0 aliphatic carbocycles. The summed E-state index contributed by atoms with van der Waals surface area (Å²) in [5.74, 6) is -0.0570. The monoisotopic (exact) mass is 818 g/mol. The van der Waals surface area contributed by atoms with Crippen molar-refractivity contribution in [1.29, 1.82) is 0 Å². The van der Waals surface area contributed by atoms with Crippen LogP contribution in [0.5, 0.6) is 0 Å². The van der Waals surface area contributed by atoms with Crippen LogP contribution in [0.1, 0.15) is 309 Å². The van der Waals surface area contributed by atoms with Gasteiger partial charge in [-0.25, -0.2) is 0 Å². The topological polar surface area (TPSA) is 69.6 Å². The van der Waals surface area contributed by atoms with Gasteiger partial charge in [0.1, 0.15) is 0 Å². The molecule has 0 aromatic carbocycles. The Morgan fingerprint density at radius 1 is 0.397 bits per heavy atom. The van der Waals surface area contributed by atoms with Crippen molar-refractivity contribution in [3.8, 4) is 0 Å². The van der Waals surface area contributed by atoms with Gasteiger partial charge in [0.25, 0.3) is 0 Å². The van der Waals surface area contributed by atoms with E-state index in [1.165, 1.54) is 263 Å². The third-order valence-corrected chi connectivity index (χ3v) is 12.8. The Labute approximate surface area is 365 Å². The van der Waals surface area contributed by atoms with E-state index in [2.05, 4.69) is 19.2 Å². The lowest BCUT2D eigenvalue weighted by molar-refractivity contribution is -0.123. The third-order valence-electron chi connectivity index (χ3n) is 12.8. The molecular weight excluding hydrogens is 711 g/mol. The number of hydrogen-bond acceptors (Lipinski definition) is 3. The lowest BCUT2D eigenvalue weighted by Crippen LogP contribution is -2.45. The van der Waals surface area contributed by atoms with E-state index in [-0.39, 0.29) is 12.5 Å². The quantitative estimate of drug-likeness (QED) is 0.0423. The average molecular weight is 818 g/mol. The van der Waals surface area contributed by atoms with Crippen LogP contribution in [0.15, 0.2) is 12.2 Å². The van der Waals surface area contributed by atoms with Crippen molar-refractivity contribution < 1.29 is 15.0 Å². The summed E-state index contributed by atoms with van der Waals surface area (Å²) in [7, 11) is 0. The van der Waals surface area contributed by atoms with Crippen LogP contribution in [0.3, 0.4) is 0 Å². The van der Waals surface area contributed by atoms with E-state index in [0.29, 0.717) is 6.42 Å². The zero-order valence-corrected chi connectivity index (χ0v) is 39.8. The van der Waals surface area contributed by atoms with Crippen LogP contribution in [-0.2, 0) is 4.79 Å². The SMILES string of the molecule is CCCCCCCCCCCCCCC/C=C/[C@@H](O)[C@H](CO)NC(=O)CCCCCCCCCCCCCCCCCCCCCCCCCCCCCCCCC. The Bertz CT molecular complexity index is 799. The number of rotatable bonds is 50. The van der Waals surface area contributed by atoms with E-state index < -0.39 is 12.1 Å². The van der Waals surface area contributed by atoms with Gasteiger partial charge in [-0.05, 0) is 19.3 Å². The highest BCUT2D eigenvalue weighted by Gasteiger charge is 2.18. The minimum atomic E-state index is -0.834. The molecule has 0 heterocycles. The molecule has 0 unspecified atom stereocenters. The van der Waals surface area contributed by atoms with Gasteiger partial charge in [0.05, 0.1) is 18.8 Å². The highest BCUT2D eigenvalue weighted by atomic mass is 16.3. The number of carbonyl (C=O) groups excluding carboxylic acids is 1. The van der Waals surface area contributed by atoms with Gasteiger partial charge in [0, 0.05) is 6.42 Å². The van der Waals surface area contributed by atoms with Gasteiger partial charge < -0.3 is 15.5 Å². The molecule has 0 aliphatic rings.